The van der Waals surface area contributed by atoms with Crippen LogP contribution in [0.25, 0.3) is 0 Å². The summed E-state index contributed by atoms with van der Waals surface area (Å²) in [5.41, 5.74) is 0. The molecule has 0 aromatic carbocycles. The minimum Gasteiger partial charge on any atom is -0.299 e. The summed E-state index contributed by atoms with van der Waals surface area (Å²) < 4.78 is 0. The second kappa shape index (κ2) is 7.08. The van der Waals surface area contributed by atoms with Crippen molar-refractivity contribution in [2.45, 2.75) is 40.0 Å². The maximum atomic E-state index is 9.97. The largest absolute Gasteiger partial charge is 0.299 e. The first-order valence-electron chi connectivity index (χ1n) is 4.77. The molecule has 0 radical (unpaired) electrons. The first-order valence-corrected chi connectivity index (χ1v) is 4.77. The van der Waals surface area contributed by atoms with Gasteiger partial charge < -0.3 is 0 Å². The Balaban J connectivity index is 3.39. The molecule has 0 saturated heterocycles. The molecule has 0 aliphatic rings. The van der Waals surface area contributed by atoms with Crippen LogP contribution in [0.2, 0.25) is 0 Å². The molecule has 0 aromatic rings. The molecular weight excluding hydrogens is 148 g/mol. The molecule has 70 valence electrons. The molecule has 12 heavy (non-hydrogen) atoms. The fraction of sp³-hybridized carbons (Fsp3) is 0.727. The molecule has 0 rings (SSSR count). The van der Waals surface area contributed by atoms with E-state index in [1.807, 2.05) is 6.08 Å². The van der Waals surface area contributed by atoms with Crippen molar-refractivity contribution in [3.8, 4) is 0 Å². The SMILES string of the molecule is CC(C)CCC(C)C/C=C/C=O. The minimum absolute atomic E-state index is 0.712. The van der Waals surface area contributed by atoms with Gasteiger partial charge in [0.1, 0.15) is 6.29 Å². The van der Waals surface area contributed by atoms with Gasteiger partial charge in [-0.15, -0.1) is 0 Å². The quantitative estimate of drug-likeness (QED) is 0.439. The summed E-state index contributed by atoms with van der Waals surface area (Å²) in [5, 5.41) is 0. The Hall–Kier alpha value is -0.590. The molecule has 0 fully saturated rings. The molecule has 0 aliphatic carbocycles. The van der Waals surface area contributed by atoms with Crippen molar-refractivity contribution >= 4 is 6.29 Å². The highest BCUT2D eigenvalue weighted by atomic mass is 16.1. The Morgan fingerprint density at radius 3 is 2.33 bits per heavy atom. The van der Waals surface area contributed by atoms with Gasteiger partial charge in [-0.2, -0.15) is 0 Å². The molecule has 0 heterocycles. The van der Waals surface area contributed by atoms with Crippen molar-refractivity contribution < 1.29 is 4.79 Å². The highest BCUT2D eigenvalue weighted by molar-refractivity contribution is 5.64. The van der Waals surface area contributed by atoms with Crippen LogP contribution in [0.4, 0.5) is 0 Å². The number of aldehydes is 1. The van der Waals surface area contributed by atoms with Crippen LogP contribution in [-0.2, 0) is 4.79 Å². The first kappa shape index (κ1) is 11.4. The van der Waals surface area contributed by atoms with Crippen molar-refractivity contribution in [2.75, 3.05) is 0 Å². The zero-order valence-corrected chi connectivity index (χ0v) is 8.42. The van der Waals surface area contributed by atoms with Gasteiger partial charge in [-0.05, 0) is 24.3 Å². The second-order valence-electron chi connectivity index (χ2n) is 3.88. The summed E-state index contributed by atoms with van der Waals surface area (Å²) in [6, 6.07) is 0. The van der Waals surface area contributed by atoms with E-state index in [4.69, 9.17) is 0 Å². The van der Waals surface area contributed by atoms with Crippen LogP contribution >= 0.6 is 0 Å². The van der Waals surface area contributed by atoms with Crippen molar-refractivity contribution in [1.82, 2.24) is 0 Å². The Morgan fingerprint density at radius 1 is 1.17 bits per heavy atom. The van der Waals surface area contributed by atoms with Crippen LogP contribution in [0.15, 0.2) is 12.2 Å². The maximum Gasteiger partial charge on any atom is 0.142 e. The maximum absolute atomic E-state index is 9.97. The van der Waals surface area contributed by atoms with Gasteiger partial charge in [0.25, 0.3) is 0 Å². The van der Waals surface area contributed by atoms with Gasteiger partial charge >= 0.3 is 0 Å². The zero-order chi connectivity index (χ0) is 9.40. The van der Waals surface area contributed by atoms with Gasteiger partial charge in [-0.1, -0.05) is 39.7 Å². The van der Waals surface area contributed by atoms with Gasteiger partial charge in [0.15, 0.2) is 0 Å². The van der Waals surface area contributed by atoms with Crippen molar-refractivity contribution in [2.24, 2.45) is 11.8 Å². The van der Waals surface area contributed by atoms with E-state index in [9.17, 15) is 4.79 Å². The van der Waals surface area contributed by atoms with Crippen molar-refractivity contribution in [3.63, 3.8) is 0 Å². The summed E-state index contributed by atoms with van der Waals surface area (Å²) in [6.07, 6.45) is 7.97. The Labute approximate surface area is 75.9 Å². The lowest BCUT2D eigenvalue weighted by Gasteiger charge is -2.09. The van der Waals surface area contributed by atoms with E-state index in [0.29, 0.717) is 5.92 Å². The predicted molar refractivity (Wildman–Crippen MR) is 53.1 cm³/mol. The van der Waals surface area contributed by atoms with Crippen LogP contribution in [0, 0.1) is 11.8 Å². The van der Waals surface area contributed by atoms with E-state index >= 15 is 0 Å². The van der Waals surface area contributed by atoms with E-state index in [2.05, 4.69) is 20.8 Å². The number of allylic oxidation sites excluding steroid dienone is 2. The summed E-state index contributed by atoms with van der Waals surface area (Å²) >= 11 is 0. The lowest BCUT2D eigenvalue weighted by molar-refractivity contribution is -0.104. The lowest BCUT2D eigenvalue weighted by Crippen LogP contribution is -1.96. The zero-order valence-electron chi connectivity index (χ0n) is 8.42. The van der Waals surface area contributed by atoms with Gasteiger partial charge in [0.2, 0.25) is 0 Å². The van der Waals surface area contributed by atoms with Crippen molar-refractivity contribution in [3.05, 3.63) is 12.2 Å². The van der Waals surface area contributed by atoms with E-state index < -0.39 is 0 Å². The molecule has 1 nitrogen and oxygen atoms in total. The molecule has 0 N–H and O–H groups in total. The summed E-state index contributed by atoms with van der Waals surface area (Å²) in [4.78, 5) is 9.97. The monoisotopic (exact) mass is 168 g/mol. The normalized spacial score (nSPS) is 14.0. The van der Waals surface area contributed by atoms with Gasteiger partial charge in [-0.3, -0.25) is 4.79 Å². The molecular formula is C11H20O. The Bertz CT molecular complexity index is 136. The number of hydrogen-bond acceptors (Lipinski definition) is 1. The fourth-order valence-electron chi connectivity index (χ4n) is 1.10. The average Bonchev–Trinajstić information content (AvgIpc) is 2.01. The number of carbonyl (C=O) groups excluding carboxylic acids is 1. The molecule has 0 spiro atoms. The molecule has 1 heteroatoms. The van der Waals surface area contributed by atoms with E-state index in [-0.39, 0.29) is 0 Å². The fourth-order valence-corrected chi connectivity index (χ4v) is 1.10. The third kappa shape index (κ3) is 7.52. The predicted octanol–water partition coefficient (Wildman–Crippen LogP) is 3.20. The molecule has 0 saturated carbocycles. The highest BCUT2D eigenvalue weighted by Crippen LogP contribution is 2.14. The van der Waals surface area contributed by atoms with E-state index in [1.165, 1.54) is 12.8 Å². The smallest absolute Gasteiger partial charge is 0.142 e. The third-order valence-electron chi connectivity index (χ3n) is 1.99. The van der Waals surface area contributed by atoms with Crippen molar-refractivity contribution in [1.29, 1.82) is 0 Å². The third-order valence-corrected chi connectivity index (χ3v) is 1.99. The Morgan fingerprint density at radius 2 is 1.83 bits per heavy atom. The van der Waals surface area contributed by atoms with Gasteiger partial charge in [-0.25, -0.2) is 0 Å². The topological polar surface area (TPSA) is 17.1 Å². The molecule has 1 atom stereocenters. The lowest BCUT2D eigenvalue weighted by atomic mass is 9.97. The molecule has 1 unspecified atom stereocenters. The molecule has 0 aromatic heterocycles. The van der Waals surface area contributed by atoms with Gasteiger partial charge in [0, 0.05) is 0 Å². The number of hydrogen-bond donors (Lipinski definition) is 0. The van der Waals surface area contributed by atoms with Crippen LogP contribution < -0.4 is 0 Å². The van der Waals surface area contributed by atoms with Crippen LogP contribution in [0.3, 0.4) is 0 Å². The van der Waals surface area contributed by atoms with Gasteiger partial charge in [0.05, 0.1) is 0 Å². The number of carbonyl (C=O) groups is 1. The molecule has 0 bridgehead atoms. The first-order chi connectivity index (χ1) is 5.66. The minimum atomic E-state index is 0.712. The molecule has 0 aliphatic heterocycles. The standard InChI is InChI=1S/C11H20O/c1-10(2)7-8-11(3)6-4-5-9-12/h4-5,9-11H,6-8H2,1-3H3/b5-4+. The summed E-state index contributed by atoms with van der Waals surface area (Å²) in [5.74, 6) is 1.51. The van der Waals surface area contributed by atoms with Crippen LogP contribution in [-0.4, -0.2) is 6.29 Å². The second-order valence-corrected chi connectivity index (χ2v) is 3.88. The van der Waals surface area contributed by atoms with Crippen LogP contribution in [0.1, 0.15) is 40.0 Å². The van der Waals surface area contributed by atoms with Crippen LogP contribution in [0.5, 0.6) is 0 Å². The molecule has 0 amide bonds. The summed E-state index contributed by atoms with van der Waals surface area (Å²) in [7, 11) is 0. The number of rotatable bonds is 6. The average molecular weight is 168 g/mol. The Kier molecular flexibility index (Phi) is 6.73. The highest BCUT2D eigenvalue weighted by Gasteiger charge is 2.00. The van der Waals surface area contributed by atoms with E-state index in [0.717, 1.165) is 18.6 Å². The summed E-state index contributed by atoms with van der Waals surface area (Å²) in [6.45, 7) is 6.72. The van der Waals surface area contributed by atoms with E-state index in [1.54, 1.807) is 6.08 Å².